The van der Waals surface area contributed by atoms with Crippen LogP contribution in [-0.2, 0) is 14.8 Å². The summed E-state index contributed by atoms with van der Waals surface area (Å²) in [7, 11) is -3.76. The van der Waals surface area contributed by atoms with Crippen LogP contribution in [0.2, 0.25) is 5.02 Å². The molecule has 128 valence electrons. The van der Waals surface area contributed by atoms with Crippen LogP contribution in [0.5, 0.6) is 0 Å². The molecule has 1 aromatic carbocycles. The van der Waals surface area contributed by atoms with Gasteiger partial charge >= 0.3 is 0 Å². The van der Waals surface area contributed by atoms with Gasteiger partial charge in [-0.25, -0.2) is 8.42 Å². The second kappa shape index (κ2) is 6.64. The van der Waals surface area contributed by atoms with E-state index in [0.717, 1.165) is 0 Å². The zero-order valence-electron chi connectivity index (χ0n) is 12.6. The molecule has 1 aromatic heterocycles. The maximum absolute atomic E-state index is 13.0. The Hall–Kier alpha value is -1.74. The molecule has 3 rings (SSSR count). The highest BCUT2D eigenvalue weighted by molar-refractivity contribution is 7.89. The van der Waals surface area contributed by atoms with Gasteiger partial charge in [0, 0.05) is 42.3 Å². The molecule has 7 nitrogen and oxygen atoms in total. The van der Waals surface area contributed by atoms with Crippen LogP contribution in [-0.4, -0.2) is 54.5 Å². The van der Waals surface area contributed by atoms with Gasteiger partial charge in [-0.3, -0.25) is 9.78 Å². The first-order valence-corrected chi connectivity index (χ1v) is 9.18. The Morgan fingerprint density at radius 3 is 2.96 bits per heavy atom. The molecule has 2 N–H and O–H groups in total. The van der Waals surface area contributed by atoms with Crippen molar-refractivity contribution >= 4 is 38.3 Å². The van der Waals surface area contributed by atoms with Crippen LogP contribution in [0.25, 0.3) is 10.8 Å². The minimum atomic E-state index is -3.76. The van der Waals surface area contributed by atoms with Crippen molar-refractivity contribution in [1.82, 2.24) is 14.6 Å². The lowest BCUT2D eigenvalue weighted by Crippen LogP contribution is -2.39. The monoisotopic (exact) mass is 369 g/mol. The van der Waals surface area contributed by atoms with E-state index in [2.05, 4.69) is 10.3 Å². The largest absolute Gasteiger partial charge is 0.387 e. The summed E-state index contributed by atoms with van der Waals surface area (Å²) in [6.45, 7) is -0.167. The molecule has 1 aliphatic heterocycles. The number of hydrogen-bond donors (Lipinski definition) is 2. The average molecular weight is 370 g/mol. The van der Waals surface area contributed by atoms with Crippen molar-refractivity contribution in [3.63, 3.8) is 0 Å². The number of carbonyl (C=O) groups is 1. The molecular weight excluding hydrogens is 354 g/mol. The van der Waals surface area contributed by atoms with Crippen molar-refractivity contribution in [1.29, 1.82) is 0 Å². The normalized spacial score (nSPS) is 18.8. The second-order valence-corrected chi connectivity index (χ2v) is 7.86. The predicted molar refractivity (Wildman–Crippen MR) is 89.1 cm³/mol. The Morgan fingerprint density at radius 1 is 1.42 bits per heavy atom. The summed E-state index contributed by atoms with van der Waals surface area (Å²) >= 11 is 6.16. The van der Waals surface area contributed by atoms with Crippen molar-refractivity contribution in [2.75, 3.05) is 19.7 Å². The van der Waals surface area contributed by atoms with E-state index >= 15 is 0 Å². The number of nitrogens with one attached hydrogen (secondary N) is 1. The first kappa shape index (κ1) is 17.1. The van der Waals surface area contributed by atoms with Gasteiger partial charge in [0.25, 0.3) is 0 Å². The molecule has 1 fully saturated rings. The topological polar surface area (TPSA) is 99.6 Å². The Morgan fingerprint density at radius 2 is 2.21 bits per heavy atom. The Balaban J connectivity index is 1.94. The summed E-state index contributed by atoms with van der Waals surface area (Å²) in [6.07, 6.45) is 3.47. The number of nitrogens with zero attached hydrogens (tertiary/aromatic N) is 2. The van der Waals surface area contributed by atoms with Gasteiger partial charge in [-0.15, -0.1) is 0 Å². The van der Waals surface area contributed by atoms with E-state index in [-0.39, 0.29) is 29.0 Å². The molecule has 0 saturated carbocycles. The molecule has 1 amide bonds. The number of rotatable bonds is 4. The number of sulfonamides is 1. The molecule has 1 saturated heterocycles. The Labute approximate surface area is 144 Å². The number of carbonyl (C=O) groups excluding carboxylic acids is 1. The van der Waals surface area contributed by atoms with Crippen molar-refractivity contribution in [2.45, 2.75) is 17.4 Å². The minimum Gasteiger partial charge on any atom is -0.387 e. The number of aliphatic hydroxyl groups is 1. The summed E-state index contributed by atoms with van der Waals surface area (Å²) < 4.78 is 27.3. The van der Waals surface area contributed by atoms with Gasteiger partial charge in [-0.05, 0) is 12.5 Å². The van der Waals surface area contributed by atoms with Crippen LogP contribution in [0.15, 0.2) is 35.5 Å². The fourth-order valence-corrected chi connectivity index (χ4v) is 4.91. The smallest absolute Gasteiger partial charge is 0.245 e. The van der Waals surface area contributed by atoms with E-state index in [1.54, 1.807) is 18.3 Å². The molecule has 0 aliphatic carbocycles. The number of amides is 1. The molecule has 0 spiro atoms. The van der Waals surface area contributed by atoms with Gasteiger partial charge in [0.1, 0.15) is 6.61 Å². The molecule has 0 unspecified atom stereocenters. The van der Waals surface area contributed by atoms with E-state index in [9.17, 15) is 13.2 Å². The van der Waals surface area contributed by atoms with E-state index in [1.165, 1.54) is 16.6 Å². The van der Waals surface area contributed by atoms with Gasteiger partial charge in [0.05, 0.1) is 9.92 Å². The van der Waals surface area contributed by atoms with Gasteiger partial charge in [0.2, 0.25) is 15.9 Å². The standard InChI is InChI=1S/C15H16ClN3O4S/c16-12-7-17-6-10-2-1-3-13(15(10)12)24(22,23)19-5-4-11(8-19)18-14(21)9-20/h1-3,6-7,11,20H,4-5,8-9H2,(H,18,21)/t11-/m0/s1. The number of aromatic nitrogens is 1. The molecular formula is C15H16ClN3O4S. The maximum Gasteiger partial charge on any atom is 0.245 e. The summed E-state index contributed by atoms with van der Waals surface area (Å²) in [5, 5.41) is 12.7. The summed E-state index contributed by atoms with van der Waals surface area (Å²) in [5.41, 5.74) is 0. The van der Waals surface area contributed by atoms with Crippen molar-refractivity contribution in [3.8, 4) is 0 Å². The SMILES string of the molecule is O=C(CO)N[C@H]1CCN(S(=O)(=O)c2cccc3cncc(Cl)c23)C1. The van der Waals surface area contributed by atoms with Crippen LogP contribution in [0.3, 0.4) is 0 Å². The quantitative estimate of drug-likeness (QED) is 0.828. The first-order chi connectivity index (χ1) is 11.4. The molecule has 2 aromatic rings. The predicted octanol–water partition coefficient (Wildman–Crippen LogP) is 0.760. The third-order valence-corrected chi connectivity index (χ3v) is 6.17. The van der Waals surface area contributed by atoms with E-state index < -0.39 is 22.5 Å². The first-order valence-electron chi connectivity index (χ1n) is 7.36. The number of halogens is 1. The lowest BCUT2D eigenvalue weighted by Gasteiger charge is -2.18. The van der Waals surface area contributed by atoms with Crippen LogP contribution >= 0.6 is 11.6 Å². The molecule has 24 heavy (non-hydrogen) atoms. The van der Waals surface area contributed by atoms with E-state index in [0.29, 0.717) is 17.2 Å². The summed E-state index contributed by atoms with van der Waals surface area (Å²) in [6, 6.07) is 4.60. The summed E-state index contributed by atoms with van der Waals surface area (Å²) in [5.74, 6) is -0.515. The fourth-order valence-electron chi connectivity index (χ4n) is 2.85. The van der Waals surface area contributed by atoms with Crippen LogP contribution in [0.4, 0.5) is 0 Å². The van der Waals surface area contributed by atoms with E-state index in [4.69, 9.17) is 16.7 Å². The number of pyridine rings is 1. The molecule has 1 aliphatic rings. The Bertz CT molecular complexity index is 882. The van der Waals surface area contributed by atoms with Crippen molar-refractivity contribution < 1.29 is 18.3 Å². The van der Waals surface area contributed by atoms with E-state index in [1.807, 2.05) is 0 Å². The third kappa shape index (κ3) is 3.10. The molecule has 2 heterocycles. The minimum absolute atomic E-state index is 0.126. The highest BCUT2D eigenvalue weighted by Gasteiger charge is 2.34. The molecule has 0 radical (unpaired) electrons. The van der Waals surface area contributed by atoms with Gasteiger partial charge in [-0.2, -0.15) is 4.31 Å². The van der Waals surface area contributed by atoms with Gasteiger partial charge < -0.3 is 10.4 Å². The highest BCUT2D eigenvalue weighted by Crippen LogP contribution is 2.31. The zero-order valence-corrected chi connectivity index (χ0v) is 14.2. The van der Waals surface area contributed by atoms with Crippen LogP contribution < -0.4 is 5.32 Å². The Kier molecular flexibility index (Phi) is 4.73. The molecule has 9 heteroatoms. The lowest BCUT2D eigenvalue weighted by atomic mass is 10.2. The fraction of sp³-hybridized carbons (Fsp3) is 0.333. The van der Waals surface area contributed by atoms with Crippen LogP contribution in [0, 0.1) is 0 Å². The molecule has 0 bridgehead atoms. The highest BCUT2D eigenvalue weighted by atomic mass is 35.5. The number of fused-ring (bicyclic) bond motifs is 1. The number of aliphatic hydroxyl groups excluding tert-OH is 1. The zero-order chi connectivity index (χ0) is 17.3. The molecule has 1 atom stereocenters. The van der Waals surface area contributed by atoms with Crippen LogP contribution in [0.1, 0.15) is 6.42 Å². The average Bonchev–Trinajstić information content (AvgIpc) is 3.03. The van der Waals surface area contributed by atoms with Crippen molar-refractivity contribution in [3.05, 3.63) is 35.6 Å². The lowest BCUT2D eigenvalue weighted by molar-refractivity contribution is -0.124. The second-order valence-electron chi connectivity index (χ2n) is 5.55. The summed E-state index contributed by atoms with van der Waals surface area (Å²) in [4.78, 5) is 15.4. The van der Waals surface area contributed by atoms with Crippen molar-refractivity contribution in [2.24, 2.45) is 0 Å². The number of hydrogen-bond acceptors (Lipinski definition) is 5. The third-order valence-electron chi connectivity index (χ3n) is 3.98. The maximum atomic E-state index is 13.0. The van der Waals surface area contributed by atoms with Gasteiger partial charge in [0.15, 0.2) is 0 Å². The number of benzene rings is 1. The van der Waals surface area contributed by atoms with Gasteiger partial charge in [-0.1, -0.05) is 23.7 Å².